The first kappa shape index (κ1) is 17.0. The van der Waals surface area contributed by atoms with Gasteiger partial charge in [0.05, 0.1) is 5.71 Å². The minimum Gasteiger partial charge on any atom is -0.379 e. The van der Waals surface area contributed by atoms with Crippen LogP contribution in [0.2, 0.25) is 0 Å². The van der Waals surface area contributed by atoms with E-state index in [-0.39, 0.29) is 18.1 Å². The average Bonchev–Trinajstić information content (AvgIpc) is 2.99. The Morgan fingerprint density at radius 1 is 1.24 bits per heavy atom. The second kappa shape index (κ2) is 6.55. The fourth-order valence-electron chi connectivity index (χ4n) is 2.59. The van der Waals surface area contributed by atoms with Crippen molar-refractivity contribution in [1.82, 2.24) is 0 Å². The van der Waals surface area contributed by atoms with E-state index >= 15 is 0 Å². The monoisotopic (exact) mass is 341 g/mol. The summed E-state index contributed by atoms with van der Waals surface area (Å²) in [6, 6.07) is 13.6. The highest BCUT2D eigenvalue weighted by Gasteiger charge is 2.42. The molecule has 6 heteroatoms. The quantitative estimate of drug-likeness (QED) is 0.927. The van der Waals surface area contributed by atoms with E-state index in [1.165, 1.54) is 12.1 Å². The predicted octanol–water partition coefficient (Wildman–Crippen LogP) is 3.41. The van der Waals surface area contributed by atoms with Gasteiger partial charge >= 0.3 is 0 Å². The van der Waals surface area contributed by atoms with Crippen molar-refractivity contribution in [3.05, 3.63) is 59.9 Å². The summed E-state index contributed by atoms with van der Waals surface area (Å²) in [6.45, 7) is 1.67. The molecule has 1 N–H and O–H groups in total. The van der Waals surface area contributed by atoms with Crippen molar-refractivity contribution < 1.29 is 14.0 Å². The number of nitrogens with zero attached hydrogens (tertiary/aromatic N) is 2. The maximum atomic E-state index is 13.4. The SMILES string of the molecule is CN(C)c1ccc(NC(=O)[C@@]2(C)CC(c3cccc(F)c3)=NO2)cc1. The van der Waals surface area contributed by atoms with Crippen molar-refractivity contribution in [2.75, 3.05) is 24.3 Å². The first-order valence-electron chi connectivity index (χ1n) is 7.97. The number of anilines is 2. The molecule has 0 radical (unpaired) electrons. The van der Waals surface area contributed by atoms with Crippen LogP contribution >= 0.6 is 0 Å². The molecule has 1 heterocycles. The van der Waals surface area contributed by atoms with Gasteiger partial charge in [-0.05, 0) is 43.3 Å². The molecule has 0 bridgehead atoms. The minimum atomic E-state index is -1.12. The summed E-state index contributed by atoms with van der Waals surface area (Å²) in [5.41, 5.74) is 1.77. The fourth-order valence-corrected chi connectivity index (χ4v) is 2.59. The van der Waals surface area contributed by atoms with E-state index in [0.29, 0.717) is 17.0 Å². The molecule has 0 saturated heterocycles. The lowest BCUT2D eigenvalue weighted by Crippen LogP contribution is -2.40. The molecule has 5 nitrogen and oxygen atoms in total. The highest BCUT2D eigenvalue weighted by atomic mass is 19.1. The molecule has 0 fully saturated rings. The Kier molecular flexibility index (Phi) is 4.44. The van der Waals surface area contributed by atoms with E-state index in [9.17, 15) is 9.18 Å². The second-order valence-electron chi connectivity index (χ2n) is 6.44. The average molecular weight is 341 g/mol. The van der Waals surface area contributed by atoms with Gasteiger partial charge < -0.3 is 15.1 Å². The van der Waals surface area contributed by atoms with Crippen LogP contribution in [0.4, 0.5) is 15.8 Å². The normalized spacial score (nSPS) is 19.1. The lowest BCUT2D eigenvalue weighted by Gasteiger charge is -2.21. The summed E-state index contributed by atoms with van der Waals surface area (Å²) < 4.78 is 13.4. The Morgan fingerprint density at radius 3 is 2.60 bits per heavy atom. The van der Waals surface area contributed by atoms with Gasteiger partial charge in [-0.2, -0.15) is 0 Å². The Labute approximate surface area is 146 Å². The Morgan fingerprint density at radius 2 is 1.96 bits per heavy atom. The van der Waals surface area contributed by atoms with Gasteiger partial charge in [-0.1, -0.05) is 17.3 Å². The molecule has 130 valence electrons. The molecule has 2 aromatic rings. The van der Waals surface area contributed by atoms with Gasteiger partial charge in [0.1, 0.15) is 5.82 Å². The summed E-state index contributed by atoms with van der Waals surface area (Å²) in [5, 5.41) is 6.83. The molecule has 0 saturated carbocycles. The number of hydrogen-bond donors (Lipinski definition) is 1. The maximum absolute atomic E-state index is 13.4. The molecule has 0 unspecified atom stereocenters. The van der Waals surface area contributed by atoms with E-state index in [1.807, 2.05) is 43.3 Å². The highest BCUT2D eigenvalue weighted by Crippen LogP contribution is 2.28. The van der Waals surface area contributed by atoms with Crippen molar-refractivity contribution in [2.45, 2.75) is 18.9 Å². The van der Waals surface area contributed by atoms with E-state index < -0.39 is 5.60 Å². The van der Waals surface area contributed by atoms with Gasteiger partial charge in [0.15, 0.2) is 0 Å². The summed E-state index contributed by atoms with van der Waals surface area (Å²) in [5.74, 6) is -0.639. The molecular formula is C19H20FN3O2. The van der Waals surface area contributed by atoms with Crippen molar-refractivity contribution in [3.63, 3.8) is 0 Å². The number of benzene rings is 2. The highest BCUT2D eigenvalue weighted by molar-refractivity contribution is 6.07. The number of carbonyl (C=O) groups excluding carboxylic acids is 1. The summed E-state index contributed by atoms with van der Waals surface area (Å²) in [6.07, 6.45) is 0.276. The molecule has 1 aliphatic rings. The van der Waals surface area contributed by atoms with Crippen LogP contribution in [0.5, 0.6) is 0 Å². The fraction of sp³-hybridized carbons (Fsp3) is 0.263. The van der Waals surface area contributed by atoms with Crippen LogP contribution in [-0.4, -0.2) is 31.3 Å². The lowest BCUT2D eigenvalue weighted by molar-refractivity contribution is -0.135. The Hall–Kier alpha value is -2.89. The molecule has 1 amide bonds. The Balaban J connectivity index is 1.68. The Bertz CT molecular complexity index is 818. The van der Waals surface area contributed by atoms with Crippen LogP contribution in [0, 0.1) is 5.82 Å². The smallest absolute Gasteiger partial charge is 0.271 e. The number of halogens is 1. The van der Waals surface area contributed by atoms with Crippen molar-refractivity contribution in [3.8, 4) is 0 Å². The molecule has 2 aromatic carbocycles. The van der Waals surface area contributed by atoms with Crippen LogP contribution in [0.1, 0.15) is 18.9 Å². The number of oxime groups is 1. The third-order valence-electron chi connectivity index (χ3n) is 4.14. The van der Waals surface area contributed by atoms with Crippen LogP contribution < -0.4 is 10.2 Å². The van der Waals surface area contributed by atoms with Crippen LogP contribution in [0.25, 0.3) is 0 Å². The third kappa shape index (κ3) is 3.63. The first-order chi connectivity index (χ1) is 11.9. The number of hydrogen-bond acceptors (Lipinski definition) is 4. The van der Waals surface area contributed by atoms with Gasteiger partial charge in [-0.25, -0.2) is 4.39 Å². The summed E-state index contributed by atoms with van der Waals surface area (Å²) in [4.78, 5) is 20.0. The van der Waals surface area contributed by atoms with Crippen molar-refractivity contribution in [1.29, 1.82) is 0 Å². The zero-order valence-electron chi connectivity index (χ0n) is 14.4. The van der Waals surface area contributed by atoms with Gasteiger partial charge in [-0.3, -0.25) is 4.79 Å². The van der Waals surface area contributed by atoms with Gasteiger partial charge in [0.2, 0.25) is 5.60 Å². The molecule has 1 aliphatic heterocycles. The van der Waals surface area contributed by atoms with Crippen LogP contribution in [0.3, 0.4) is 0 Å². The molecular weight excluding hydrogens is 321 g/mol. The zero-order chi connectivity index (χ0) is 18.0. The molecule has 0 spiro atoms. The number of rotatable bonds is 4. The molecule has 0 aliphatic carbocycles. The predicted molar refractivity (Wildman–Crippen MR) is 96.4 cm³/mol. The molecule has 3 rings (SSSR count). The number of amides is 1. The largest absolute Gasteiger partial charge is 0.379 e. The van der Waals surface area contributed by atoms with Crippen LogP contribution in [-0.2, 0) is 9.63 Å². The first-order valence-corrected chi connectivity index (χ1v) is 7.97. The maximum Gasteiger partial charge on any atom is 0.271 e. The number of nitrogens with one attached hydrogen (secondary N) is 1. The van der Waals surface area contributed by atoms with E-state index in [4.69, 9.17) is 4.84 Å². The van der Waals surface area contributed by atoms with Crippen LogP contribution in [0.15, 0.2) is 53.7 Å². The zero-order valence-corrected chi connectivity index (χ0v) is 14.4. The van der Waals surface area contributed by atoms with E-state index in [0.717, 1.165) is 5.69 Å². The molecule has 25 heavy (non-hydrogen) atoms. The van der Waals surface area contributed by atoms with E-state index in [2.05, 4.69) is 10.5 Å². The summed E-state index contributed by atoms with van der Waals surface area (Å²) in [7, 11) is 3.90. The topological polar surface area (TPSA) is 53.9 Å². The third-order valence-corrected chi connectivity index (χ3v) is 4.14. The molecule has 1 atom stereocenters. The second-order valence-corrected chi connectivity index (χ2v) is 6.44. The van der Waals surface area contributed by atoms with Gasteiger partial charge in [-0.15, -0.1) is 0 Å². The summed E-state index contributed by atoms with van der Waals surface area (Å²) >= 11 is 0. The standard InChI is InChI=1S/C19H20FN3O2/c1-19(12-17(22-25-19)13-5-4-6-14(20)11-13)18(24)21-15-7-9-16(10-8-15)23(2)3/h4-11H,12H2,1-3H3,(H,21,24)/t19-/m1/s1. The molecule has 0 aromatic heterocycles. The van der Waals surface area contributed by atoms with Gasteiger partial charge in [0, 0.05) is 37.5 Å². The van der Waals surface area contributed by atoms with Crippen molar-refractivity contribution in [2.24, 2.45) is 5.16 Å². The van der Waals surface area contributed by atoms with Gasteiger partial charge in [0.25, 0.3) is 5.91 Å². The number of carbonyl (C=O) groups is 1. The van der Waals surface area contributed by atoms with Crippen molar-refractivity contribution >= 4 is 23.0 Å². The minimum absolute atomic E-state index is 0.276. The van der Waals surface area contributed by atoms with E-state index in [1.54, 1.807) is 19.1 Å². The lowest BCUT2D eigenvalue weighted by atomic mass is 9.95.